The normalized spacial score (nSPS) is 18.8. The molecule has 0 aromatic heterocycles. The summed E-state index contributed by atoms with van der Waals surface area (Å²) in [6.07, 6.45) is 4.38. The number of ether oxygens (including phenoxy) is 1. The SMILES string of the molecule is C[C@H]1CCC/C(=N/NC(=O)c2ccc(COc3ccccc3)cc2)C1. The molecule has 1 amide bonds. The van der Waals surface area contributed by atoms with Gasteiger partial charge in [0.25, 0.3) is 5.91 Å². The van der Waals surface area contributed by atoms with Crippen LogP contribution in [0, 0.1) is 5.92 Å². The molecule has 1 fully saturated rings. The summed E-state index contributed by atoms with van der Waals surface area (Å²) < 4.78 is 5.71. The molecular weight excluding hydrogens is 312 g/mol. The van der Waals surface area contributed by atoms with Crippen LogP contribution >= 0.6 is 0 Å². The second kappa shape index (κ2) is 8.47. The third-order valence-corrected chi connectivity index (χ3v) is 4.43. The van der Waals surface area contributed by atoms with Gasteiger partial charge in [-0.3, -0.25) is 4.79 Å². The number of nitrogens with one attached hydrogen (secondary N) is 1. The fraction of sp³-hybridized carbons (Fsp3) is 0.333. The molecule has 4 nitrogen and oxygen atoms in total. The number of carbonyl (C=O) groups excluding carboxylic acids is 1. The van der Waals surface area contributed by atoms with Crippen LogP contribution in [-0.4, -0.2) is 11.6 Å². The highest BCUT2D eigenvalue weighted by Crippen LogP contribution is 2.21. The zero-order chi connectivity index (χ0) is 17.5. The van der Waals surface area contributed by atoms with Gasteiger partial charge < -0.3 is 4.74 Å². The van der Waals surface area contributed by atoms with Crippen LogP contribution in [0.5, 0.6) is 5.75 Å². The maximum atomic E-state index is 12.2. The maximum Gasteiger partial charge on any atom is 0.271 e. The standard InChI is InChI=1S/C21H24N2O2/c1-16-6-5-7-19(14-16)22-23-21(24)18-12-10-17(11-13-18)15-25-20-8-3-2-4-9-20/h2-4,8-13,16H,5-7,14-15H2,1H3,(H,23,24)/b22-19-/t16-/m0/s1. The van der Waals surface area contributed by atoms with Crippen molar-refractivity contribution >= 4 is 11.6 Å². The number of rotatable bonds is 5. The summed E-state index contributed by atoms with van der Waals surface area (Å²) in [5.41, 5.74) is 5.41. The minimum Gasteiger partial charge on any atom is -0.489 e. The highest BCUT2D eigenvalue weighted by Gasteiger charge is 2.14. The molecule has 4 heteroatoms. The van der Waals surface area contributed by atoms with E-state index < -0.39 is 0 Å². The highest BCUT2D eigenvalue weighted by molar-refractivity contribution is 5.95. The van der Waals surface area contributed by atoms with E-state index >= 15 is 0 Å². The summed E-state index contributed by atoms with van der Waals surface area (Å²) in [6.45, 7) is 2.71. The van der Waals surface area contributed by atoms with E-state index in [9.17, 15) is 4.79 Å². The average molecular weight is 336 g/mol. The topological polar surface area (TPSA) is 50.7 Å². The minimum atomic E-state index is -0.166. The zero-order valence-electron chi connectivity index (χ0n) is 14.6. The molecule has 2 aromatic carbocycles. The highest BCUT2D eigenvalue weighted by atomic mass is 16.5. The fourth-order valence-electron chi connectivity index (χ4n) is 2.99. The largest absolute Gasteiger partial charge is 0.489 e. The van der Waals surface area contributed by atoms with Crippen molar-refractivity contribution in [3.05, 3.63) is 65.7 Å². The zero-order valence-corrected chi connectivity index (χ0v) is 14.6. The summed E-state index contributed by atoms with van der Waals surface area (Å²) in [6, 6.07) is 17.1. The van der Waals surface area contributed by atoms with Crippen molar-refractivity contribution in [3.8, 4) is 5.75 Å². The Morgan fingerprint density at radius 1 is 1.16 bits per heavy atom. The van der Waals surface area contributed by atoms with Crippen LogP contribution in [0.2, 0.25) is 0 Å². The molecule has 0 bridgehead atoms. The number of carbonyl (C=O) groups is 1. The van der Waals surface area contributed by atoms with Gasteiger partial charge in [0.1, 0.15) is 12.4 Å². The quantitative estimate of drug-likeness (QED) is 0.814. The first-order chi connectivity index (χ1) is 12.2. The van der Waals surface area contributed by atoms with Crippen LogP contribution in [0.25, 0.3) is 0 Å². The van der Waals surface area contributed by atoms with E-state index in [1.165, 1.54) is 6.42 Å². The Labute approximate surface area is 148 Å². The number of para-hydroxylation sites is 1. The fourth-order valence-corrected chi connectivity index (χ4v) is 2.99. The number of hydrogen-bond acceptors (Lipinski definition) is 3. The lowest BCUT2D eigenvalue weighted by Gasteiger charge is -2.18. The van der Waals surface area contributed by atoms with E-state index in [4.69, 9.17) is 4.74 Å². The molecular formula is C21H24N2O2. The van der Waals surface area contributed by atoms with Crippen molar-refractivity contribution in [2.45, 2.75) is 39.2 Å². The monoisotopic (exact) mass is 336 g/mol. The molecule has 25 heavy (non-hydrogen) atoms. The molecule has 1 saturated carbocycles. The van der Waals surface area contributed by atoms with E-state index in [-0.39, 0.29) is 5.91 Å². The Hall–Kier alpha value is -2.62. The number of nitrogens with zero attached hydrogens (tertiary/aromatic N) is 1. The van der Waals surface area contributed by atoms with Gasteiger partial charge in [0.15, 0.2) is 0 Å². The maximum absolute atomic E-state index is 12.2. The van der Waals surface area contributed by atoms with E-state index in [1.54, 1.807) is 0 Å². The van der Waals surface area contributed by atoms with Gasteiger partial charge in [-0.25, -0.2) is 5.43 Å². The Kier molecular flexibility index (Phi) is 5.83. The molecule has 3 rings (SSSR count). The lowest BCUT2D eigenvalue weighted by molar-refractivity contribution is 0.0954. The van der Waals surface area contributed by atoms with Gasteiger partial charge in [-0.1, -0.05) is 37.3 Å². The predicted molar refractivity (Wildman–Crippen MR) is 99.7 cm³/mol. The van der Waals surface area contributed by atoms with Gasteiger partial charge in [-0.05, 0) is 61.4 Å². The van der Waals surface area contributed by atoms with E-state index in [1.807, 2.05) is 54.6 Å². The summed E-state index contributed by atoms with van der Waals surface area (Å²) in [5, 5.41) is 4.30. The lowest BCUT2D eigenvalue weighted by Crippen LogP contribution is -2.22. The van der Waals surface area contributed by atoms with Gasteiger partial charge in [-0.15, -0.1) is 0 Å². The molecule has 1 aliphatic carbocycles. The molecule has 0 saturated heterocycles. The first kappa shape index (κ1) is 17.2. The lowest BCUT2D eigenvalue weighted by atomic mass is 9.89. The summed E-state index contributed by atoms with van der Waals surface area (Å²) in [4.78, 5) is 12.2. The van der Waals surface area contributed by atoms with E-state index in [2.05, 4.69) is 17.5 Å². The van der Waals surface area contributed by atoms with Crippen LogP contribution < -0.4 is 10.2 Å². The van der Waals surface area contributed by atoms with Crippen molar-refractivity contribution in [3.63, 3.8) is 0 Å². The van der Waals surface area contributed by atoms with Crippen molar-refractivity contribution in [2.75, 3.05) is 0 Å². The number of benzene rings is 2. The predicted octanol–water partition coefficient (Wildman–Crippen LogP) is 4.56. The average Bonchev–Trinajstić information content (AvgIpc) is 2.66. The van der Waals surface area contributed by atoms with Crippen molar-refractivity contribution in [1.82, 2.24) is 5.43 Å². The molecule has 1 N–H and O–H groups in total. The molecule has 0 heterocycles. The van der Waals surface area contributed by atoms with Crippen LogP contribution in [0.15, 0.2) is 59.7 Å². The first-order valence-corrected chi connectivity index (χ1v) is 8.83. The number of amides is 1. The van der Waals surface area contributed by atoms with Crippen molar-refractivity contribution in [1.29, 1.82) is 0 Å². The van der Waals surface area contributed by atoms with Gasteiger partial charge in [0, 0.05) is 11.3 Å². The summed E-state index contributed by atoms with van der Waals surface area (Å²) >= 11 is 0. The third kappa shape index (κ3) is 5.18. The smallest absolute Gasteiger partial charge is 0.271 e. The Bertz CT molecular complexity index is 723. The molecule has 0 spiro atoms. The Balaban J connectivity index is 1.52. The number of hydrazone groups is 1. The van der Waals surface area contributed by atoms with Gasteiger partial charge in [0.05, 0.1) is 0 Å². The minimum absolute atomic E-state index is 0.166. The third-order valence-electron chi connectivity index (χ3n) is 4.43. The molecule has 0 unspecified atom stereocenters. The van der Waals surface area contributed by atoms with E-state index in [0.29, 0.717) is 18.1 Å². The molecule has 2 aromatic rings. The van der Waals surface area contributed by atoms with Crippen LogP contribution in [0.1, 0.15) is 48.5 Å². The molecule has 130 valence electrons. The number of hydrogen-bond donors (Lipinski definition) is 1. The molecule has 0 aliphatic heterocycles. The van der Waals surface area contributed by atoms with Crippen LogP contribution in [0.3, 0.4) is 0 Å². The van der Waals surface area contributed by atoms with Crippen molar-refractivity contribution in [2.24, 2.45) is 11.0 Å². The first-order valence-electron chi connectivity index (χ1n) is 8.83. The summed E-state index contributed by atoms with van der Waals surface area (Å²) in [7, 11) is 0. The molecule has 0 radical (unpaired) electrons. The molecule has 1 atom stereocenters. The second-order valence-corrected chi connectivity index (χ2v) is 6.62. The Morgan fingerprint density at radius 2 is 1.92 bits per heavy atom. The van der Waals surface area contributed by atoms with Crippen molar-refractivity contribution < 1.29 is 9.53 Å². The van der Waals surface area contributed by atoms with Crippen LogP contribution in [0.4, 0.5) is 0 Å². The van der Waals surface area contributed by atoms with Crippen LogP contribution in [-0.2, 0) is 6.61 Å². The van der Waals surface area contributed by atoms with Gasteiger partial charge in [-0.2, -0.15) is 5.10 Å². The van der Waals surface area contributed by atoms with Gasteiger partial charge >= 0.3 is 0 Å². The molecule has 1 aliphatic rings. The summed E-state index contributed by atoms with van der Waals surface area (Å²) in [5.74, 6) is 1.33. The van der Waals surface area contributed by atoms with Gasteiger partial charge in [0.2, 0.25) is 0 Å². The van der Waals surface area contributed by atoms with E-state index in [0.717, 1.165) is 36.3 Å². The Morgan fingerprint density at radius 3 is 2.64 bits per heavy atom. The second-order valence-electron chi connectivity index (χ2n) is 6.62.